The molecule has 2 N–H and O–H groups in total. The summed E-state index contributed by atoms with van der Waals surface area (Å²) in [4.78, 5) is 0. The van der Waals surface area contributed by atoms with Crippen molar-refractivity contribution in [2.24, 2.45) is 0 Å². The fourth-order valence-corrected chi connectivity index (χ4v) is 1.98. The van der Waals surface area contributed by atoms with Gasteiger partial charge in [-0.1, -0.05) is 12.1 Å². The van der Waals surface area contributed by atoms with Crippen LogP contribution >= 0.6 is 0 Å². The van der Waals surface area contributed by atoms with Crippen LogP contribution in [0.15, 0.2) is 24.4 Å². The Morgan fingerprint density at radius 3 is 3.13 bits per heavy atom. The van der Waals surface area contributed by atoms with Crippen LogP contribution in [0.4, 0.5) is 10.1 Å². The van der Waals surface area contributed by atoms with Gasteiger partial charge in [0.1, 0.15) is 5.82 Å². The van der Waals surface area contributed by atoms with Crippen molar-refractivity contribution in [1.82, 2.24) is 10.2 Å². The van der Waals surface area contributed by atoms with Crippen LogP contribution in [0.1, 0.15) is 5.69 Å². The summed E-state index contributed by atoms with van der Waals surface area (Å²) in [5.74, 6) is -0.207. The predicted octanol–water partition coefficient (Wildman–Crippen LogP) is 2.18. The lowest BCUT2D eigenvalue weighted by Crippen LogP contribution is -2.04. The summed E-state index contributed by atoms with van der Waals surface area (Å²) in [5.41, 5.74) is 3.52. The van der Waals surface area contributed by atoms with Crippen LogP contribution in [0.5, 0.6) is 0 Å². The van der Waals surface area contributed by atoms with Gasteiger partial charge in [0.2, 0.25) is 0 Å². The first kappa shape index (κ1) is 8.47. The fourth-order valence-electron chi connectivity index (χ4n) is 1.98. The molecule has 0 amide bonds. The van der Waals surface area contributed by atoms with Crippen molar-refractivity contribution in [3.8, 4) is 11.1 Å². The van der Waals surface area contributed by atoms with E-state index in [2.05, 4.69) is 15.5 Å². The maximum Gasteiger partial charge on any atom is 0.146 e. The van der Waals surface area contributed by atoms with Crippen LogP contribution in [-0.2, 0) is 6.42 Å². The molecular formula is C11H10FN3. The first-order valence-corrected chi connectivity index (χ1v) is 4.91. The zero-order valence-electron chi connectivity index (χ0n) is 8.05. The second-order valence-electron chi connectivity index (χ2n) is 3.60. The van der Waals surface area contributed by atoms with Crippen LogP contribution in [0.25, 0.3) is 11.1 Å². The van der Waals surface area contributed by atoms with Gasteiger partial charge in [0.25, 0.3) is 0 Å². The number of halogens is 1. The number of H-pyrrole nitrogens is 1. The van der Waals surface area contributed by atoms with Gasteiger partial charge in [-0.15, -0.1) is 0 Å². The number of nitrogens with zero attached hydrogens (tertiary/aromatic N) is 1. The standard InChI is InChI=1S/C11H10FN3/c12-9-3-1-2-7-8-6-14-15-10(8)4-5-13-11(7)9/h1-3,6,13H,4-5H2,(H,14,15). The molecule has 0 saturated heterocycles. The minimum atomic E-state index is -0.207. The number of benzene rings is 1. The Labute approximate surface area is 86.3 Å². The van der Waals surface area contributed by atoms with Crippen LogP contribution in [0.2, 0.25) is 0 Å². The summed E-state index contributed by atoms with van der Waals surface area (Å²) in [7, 11) is 0. The number of fused-ring (bicyclic) bond motifs is 3. The molecule has 0 saturated carbocycles. The molecule has 2 aromatic rings. The molecule has 4 heteroatoms. The average Bonchev–Trinajstić information content (AvgIpc) is 2.62. The Bertz CT molecular complexity index is 504. The van der Waals surface area contributed by atoms with Gasteiger partial charge in [-0.25, -0.2) is 4.39 Å². The van der Waals surface area contributed by atoms with Crippen LogP contribution in [-0.4, -0.2) is 16.7 Å². The molecule has 0 fully saturated rings. The van der Waals surface area contributed by atoms with E-state index >= 15 is 0 Å². The molecule has 0 atom stereocenters. The Balaban J connectivity index is 2.29. The molecule has 3 rings (SSSR count). The molecular weight excluding hydrogens is 193 g/mol. The van der Waals surface area contributed by atoms with Gasteiger partial charge in [0.05, 0.1) is 11.9 Å². The number of hydrogen-bond acceptors (Lipinski definition) is 2. The molecule has 1 aromatic carbocycles. The number of nitrogens with one attached hydrogen (secondary N) is 2. The Morgan fingerprint density at radius 2 is 2.20 bits per heavy atom. The van der Waals surface area contributed by atoms with Gasteiger partial charge in [0, 0.05) is 29.8 Å². The van der Waals surface area contributed by atoms with E-state index in [1.165, 1.54) is 6.07 Å². The van der Waals surface area contributed by atoms with E-state index in [4.69, 9.17) is 0 Å². The summed E-state index contributed by atoms with van der Waals surface area (Å²) >= 11 is 0. The molecule has 1 aliphatic heterocycles. The highest BCUT2D eigenvalue weighted by molar-refractivity contribution is 5.80. The van der Waals surface area contributed by atoms with Crippen LogP contribution < -0.4 is 5.32 Å². The highest BCUT2D eigenvalue weighted by Gasteiger charge is 2.17. The van der Waals surface area contributed by atoms with Gasteiger partial charge in [-0.05, 0) is 6.07 Å². The van der Waals surface area contributed by atoms with Gasteiger partial charge < -0.3 is 5.32 Å². The molecule has 76 valence electrons. The van der Waals surface area contributed by atoms with Gasteiger partial charge in [-0.3, -0.25) is 5.10 Å². The smallest absolute Gasteiger partial charge is 0.146 e. The molecule has 15 heavy (non-hydrogen) atoms. The number of aromatic nitrogens is 2. The number of para-hydroxylation sites is 1. The monoisotopic (exact) mass is 203 g/mol. The fraction of sp³-hybridized carbons (Fsp3) is 0.182. The molecule has 2 heterocycles. The minimum Gasteiger partial charge on any atom is -0.382 e. The van der Waals surface area contributed by atoms with E-state index in [0.717, 1.165) is 29.8 Å². The largest absolute Gasteiger partial charge is 0.382 e. The molecule has 1 aliphatic rings. The molecule has 0 aliphatic carbocycles. The van der Waals surface area contributed by atoms with E-state index in [0.29, 0.717) is 5.69 Å². The van der Waals surface area contributed by atoms with E-state index in [-0.39, 0.29) is 5.82 Å². The summed E-state index contributed by atoms with van der Waals surface area (Å²) in [6.07, 6.45) is 2.59. The topological polar surface area (TPSA) is 40.7 Å². The van der Waals surface area contributed by atoms with Crippen molar-refractivity contribution in [2.45, 2.75) is 6.42 Å². The SMILES string of the molecule is Fc1cccc2c1NCCc1[nH]ncc1-2. The number of anilines is 1. The lowest BCUT2D eigenvalue weighted by atomic mass is 10.0. The van der Waals surface area contributed by atoms with E-state index in [1.54, 1.807) is 12.3 Å². The second-order valence-corrected chi connectivity index (χ2v) is 3.60. The van der Waals surface area contributed by atoms with E-state index in [1.807, 2.05) is 6.07 Å². The summed E-state index contributed by atoms with van der Waals surface area (Å²) in [6.45, 7) is 0.725. The quantitative estimate of drug-likeness (QED) is 0.689. The zero-order valence-corrected chi connectivity index (χ0v) is 8.05. The van der Waals surface area contributed by atoms with Crippen molar-refractivity contribution in [2.75, 3.05) is 11.9 Å². The maximum absolute atomic E-state index is 13.6. The van der Waals surface area contributed by atoms with Crippen molar-refractivity contribution in [3.63, 3.8) is 0 Å². The summed E-state index contributed by atoms with van der Waals surface area (Å²) < 4.78 is 13.6. The highest BCUT2D eigenvalue weighted by Crippen LogP contribution is 2.33. The minimum absolute atomic E-state index is 0.207. The van der Waals surface area contributed by atoms with E-state index in [9.17, 15) is 4.39 Å². The Morgan fingerprint density at radius 1 is 1.27 bits per heavy atom. The first-order chi connectivity index (χ1) is 7.36. The number of rotatable bonds is 0. The normalized spacial score (nSPS) is 13.7. The highest BCUT2D eigenvalue weighted by atomic mass is 19.1. The van der Waals surface area contributed by atoms with Crippen LogP contribution in [0, 0.1) is 5.82 Å². The number of hydrogen-bond donors (Lipinski definition) is 2. The van der Waals surface area contributed by atoms with E-state index < -0.39 is 0 Å². The lowest BCUT2D eigenvalue weighted by Gasteiger charge is -2.07. The molecule has 3 nitrogen and oxygen atoms in total. The third-order valence-corrected chi connectivity index (χ3v) is 2.70. The van der Waals surface area contributed by atoms with Crippen LogP contribution in [0.3, 0.4) is 0 Å². The van der Waals surface area contributed by atoms with Crippen molar-refractivity contribution < 1.29 is 4.39 Å². The van der Waals surface area contributed by atoms with Gasteiger partial charge >= 0.3 is 0 Å². The zero-order chi connectivity index (χ0) is 10.3. The summed E-state index contributed by atoms with van der Waals surface area (Å²) in [5, 5.41) is 10.0. The van der Waals surface area contributed by atoms with Gasteiger partial charge in [0.15, 0.2) is 0 Å². The first-order valence-electron chi connectivity index (χ1n) is 4.91. The lowest BCUT2D eigenvalue weighted by molar-refractivity contribution is 0.631. The Hall–Kier alpha value is -1.84. The average molecular weight is 203 g/mol. The maximum atomic E-state index is 13.6. The van der Waals surface area contributed by atoms with Crippen molar-refractivity contribution in [1.29, 1.82) is 0 Å². The second kappa shape index (κ2) is 3.08. The molecule has 1 aromatic heterocycles. The number of aromatic amines is 1. The third-order valence-electron chi connectivity index (χ3n) is 2.70. The van der Waals surface area contributed by atoms with Crippen molar-refractivity contribution >= 4 is 5.69 Å². The summed E-state index contributed by atoms with van der Waals surface area (Å²) in [6, 6.07) is 5.10. The Kier molecular flexibility index (Phi) is 1.74. The van der Waals surface area contributed by atoms with Crippen molar-refractivity contribution in [3.05, 3.63) is 35.9 Å². The molecule has 0 radical (unpaired) electrons. The third kappa shape index (κ3) is 1.21. The molecule has 0 bridgehead atoms. The molecule has 0 spiro atoms. The van der Waals surface area contributed by atoms with Gasteiger partial charge in [-0.2, -0.15) is 5.10 Å². The predicted molar refractivity (Wildman–Crippen MR) is 56.2 cm³/mol. The molecule has 0 unspecified atom stereocenters.